The number of rotatable bonds is 8. The summed E-state index contributed by atoms with van der Waals surface area (Å²) in [7, 11) is 3.96. The van der Waals surface area contributed by atoms with Gasteiger partial charge in [-0.25, -0.2) is 0 Å². The summed E-state index contributed by atoms with van der Waals surface area (Å²) in [5.74, 6) is 0.172. The Bertz CT molecular complexity index is 206. The Balaban J connectivity index is -0.00000112. The summed E-state index contributed by atoms with van der Waals surface area (Å²) in [6.07, 6.45) is 1.14. The van der Waals surface area contributed by atoms with Gasteiger partial charge >= 0.3 is 0 Å². The third-order valence-electron chi connectivity index (χ3n) is 3.06. The molecule has 0 fully saturated rings. The molecular formula is C12H29Cl2N3O. The smallest absolute Gasteiger partial charge is 0.224 e. The van der Waals surface area contributed by atoms with Crippen LogP contribution in [0, 0.1) is 5.92 Å². The molecule has 0 bridgehead atoms. The molecule has 2 unspecified atom stereocenters. The molecule has 0 aliphatic carbocycles. The predicted octanol–water partition coefficient (Wildman–Crippen LogP) is 1.53. The zero-order chi connectivity index (χ0) is 12.6. The highest BCUT2D eigenvalue weighted by molar-refractivity contribution is 5.85. The molecule has 1 amide bonds. The largest absolute Gasteiger partial charge is 0.355 e. The summed E-state index contributed by atoms with van der Waals surface area (Å²) in [5.41, 5.74) is 0. The Morgan fingerprint density at radius 1 is 1.28 bits per heavy atom. The van der Waals surface area contributed by atoms with Crippen molar-refractivity contribution in [3.05, 3.63) is 0 Å². The van der Waals surface area contributed by atoms with E-state index < -0.39 is 0 Å². The quantitative estimate of drug-likeness (QED) is 0.715. The molecule has 4 nitrogen and oxygen atoms in total. The lowest BCUT2D eigenvalue weighted by atomic mass is 10.1. The topological polar surface area (TPSA) is 44.4 Å². The summed E-state index contributed by atoms with van der Waals surface area (Å²) < 4.78 is 0. The van der Waals surface area contributed by atoms with E-state index in [-0.39, 0.29) is 36.6 Å². The summed E-state index contributed by atoms with van der Waals surface area (Å²) in [6.45, 7) is 8.68. The van der Waals surface area contributed by atoms with Crippen LogP contribution in [0.5, 0.6) is 0 Å². The van der Waals surface area contributed by atoms with Crippen molar-refractivity contribution in [1.29, 1.82) is 0 Å². The van der Waals surface area contributed by atoms with Crippen LogP contribution < -0.4 is 10.6 Å². The number of hydrogen-bond donors (Lipinski definition) is 2. The maximum absolute atomic E-state index is 11.6. The molecule has 18 heavy (non-hydrogen) atoms. The first-order valence-electron chi connectivity index (χ1n) is 6.15. The first-order valence-corrected chi connectivity index (χ1v) is 6.15. The van der Waals surface area contributed by atoms with Gasteiger partial charge in [-0.05, 0) is 27.4 Å². The lowest BCUT2D eigenvalue weighted by Crippen LogP contribution is -2.40. The predicted molar refractivity (Wildman–Crippen MR) is 83.0 cm³/mol. The molecule has 0 aliphatic rings. The molecule has 112 valence electrons. The van der Waals surface area contributed by atoms with Gasteiger partial charge in [0.25, 0.3) is 0 Å². The van der Waals surface area contributed by atoms with Gasteiger partial charge in [-0.2, -0.15) is 0 Å². The Hall–Kier alpha value is -0.0300. The molecule has 2 atom stereocenters. The number of halogens is 2. The van der Waals surface area contributed by atoms with E-state index >= 15 is 0 Å². The van der Waals surface area contributed by atoms with Crippen LogP contribution in [-0.4, -0.2) is 50.6 Å². The number of hydrogen-bond acceptors (Lipinski definition) is 3. The SMILES string of the molecule is CCC(C)N(C)CCNC(=O)C(C)CNC.Cl.Cl. The van der Waals surface area contributed by atoms with Crippen LogP contribution in [-0.2, 0) is 4.79 Å². The minimum Gasteiger partial charge on any atom is -0.355 e. The van der Waals surface area contributed by atoms with Crippen LogP contribution in [0.2, 0.25) is 0 Å². The maximum Gasteiger partial charge on any atom is 0.224 e. The van der Waals surface area contributed by atoms with Crippen molar-refractivity contribution < 1.29 is 4.79 Å². The van der Waals surface area contributed by atoms with Crippen LogP contribution in [0.4, 0.5) is 0 Å². The average molecular weight is 302 g/mol. The summed E-state index contributed by atoms with van der Waals surface area (Å²) in [4.78, 5) is 13.9. The fourth-order valence-electron chi connectivity index (χ4n) is 1.46. The molecular weight excluding hydrogens is 273 g/mol. The molecule has 0 rings (SSSR count). The van der Waals surface area contributed by atoms with Gasteiger partial charge in [0.2, 0.25) is 5.91 Å². The van der Waals surface area contributed by atoms with Crippen molar-refractivity contribution in [3.8, 4) is 0 Å². The van der Waals surface area contributed by atoms with E-state index in [2.05, 4.69) is 36.4 Å². The van der Waals surface area contributed by atoms with Crippen LogP contribution in [0.3, 0.4) is 0 Å². The fourth-order valence-corrected chi connectivity index (χ4v) is 1.46. The van der Waals surface area contributed by atoms with E-state index in [4.69, 9.17) is 0 Å². The molecule has 6 heteroatoms. The first kappa shape index (κ1) is 23.1. The number of nitrogens with zero attached hydrogens (tertiary/aromatic N) is 1. The minimum absolute atomic E-state index is 0. The molecule has 0 aliphatic heterocycles. The van der Waals surface area contributed by atoms with Crippen molar-refractivity contribution in [2.75, 3.05) is 33.7 Å². The van der Waals surface area contributed by atoms with Gasteiger partial charge < -0.3 is 15.5 Å². The van der Waals surface area contributed by atoms with Gasteiger partial charge in [0.1, 0.15) is 0 Å². The number of nitrogens with one attached hydrogen (secondary N) is 2. The number of carbonyl (C=O) groups is 1. The summed E-state index contributed by atoms with van der Waals surface area (Å²) >= 11 is 0. The highest BCUT2D eigenvalue weighted by Gasteiger charge is 2.11. The molecule has 0 aromatic heterocycles. The van der Waals surface area contributed by atoms with Crippen molar-refractivity contribution in [1.82, 2.24) is 15.5 Å². The zero-order valence-corrected chi connectivity index (χ0v) is 13.8. The molecule has 0 aromatic carbocycles. The van der Waals surface area contributed by atoms with Crippen molar-refractivity contribution in [2.45, 2.75) is 33.2 Å². The average Bonchev–Trinajstić information content (AvgIpc) is 2.27. The van der Waals surface area contributed by atoms with Crippen molar-refractivity contribution in [2.24, 2.45) is 5.92 Å². The van der Waals surface area contributed by atoms with Gasteiger partial charge in [0.05, 0.1) is 0 Å². The molecule has 0 radical (unpaired) electrons. The van der Waals surface area contributed by atoms with Crippen molar-refractivity contribution >= 4 is 30.7 Å². The van der Waals surface area contributed by atoms with Crippen LogP contribution >= 0.6 is 24.8 Å². The van der Waals surface area contributed by atoms with Gasteiger partial charge in [-0.1, -0.05) is 13.8 Å². The molecule has 2 N–H and O–H groups in total. The number of carbonyl (C=O) groups excluding carboxylic acids is 1. The van der Waals surface area contributed by atoms with E-state index in [0.29, 0.717) is 6.04 Å². The van der Waals surface area contributed by atoms with Gasteiger partial charge in [-0.15, -0.1) is 24.8 Å². The number of likely N-dealkylation sites (N-methyl/N-ethyl adjacent to an activating group) is 1. The van der Waals surface area contributed by atoms with E-state index in [1.165, 1.54) is 0 Å². The maximum atomic E-state index is 11.6. The highest BCUT2D eigenvalue weighted by Crippen LogP contribution is 1.98. The Morgan fingerprint density at radius 2 is 1.83 bits per heavy atom. The standard InChI is InChI=1S/C12H27N3O.2ClH/c1-6-11(3)15(5)8-7-14-12(16)10(2)9-13-4;;/h10-11,13H,6-9H2,1-5H3,(H,14,16);2*1H. The second-order valence-corrected chi connectivity index (χ2v) is 4.49. The van der Waals surface area contributed by atoms with Crippen LogP contribution in [0.25, 0.3) is 0 Å². The third kappa shape index (κ3) is 9.95. The lowest BCUT2D eigenvalue weighted by molar-refractivity contribution is -0.124. The summed E-state index contributed by atoms with van der Waals surface area (Å²) in [5, 5.41) is 5.96. The van der Waals surface area contributed by atoms with Gasteiger partial charge in [-0.3, -0.25) is 4.79 Å². The molecule has 0 saturated carbocycles. The van der Waals surface area contributed by atoms with E-state index in [0.717, 1.165) is 26.1 Å². The first-order chi connectivity index (χ1) is 7.52. The second kappa shape index (κ2) is 13.4. The Morgan fingerprint density at radius 3 is 2.28 bits per heavy atom. The molecule has 0 saturated heterocycles. The second-order valence-electron chi connectivity index (χ2n) is 4.49. The lowest BCUT2D eigenvalue weighted by Gasteiger charge is -2.23. The number of amides is 1. The summed E-state index contributed by atoms with van der Waals surface area (Å²) in [6, 6.07) is 0.576. The van der Waals surface area contributed by atoms with Crippen LogP contribution in [0.1, 0.15) is 27.2 Å². The highest BCUT2D eigenvalue weighted by atomic mass is 35.5. The molecule has 0 aromatic rings. The van der Waals surface area contributed by atoms with Crippen molar-refractivity contribution in [3.63, 3.8) is 0 Å². The molecule has 0 heterocycles. The minimum atomic E-state index is 0. The Kier molecular flexibility index (Phi) is 17.2. The van der Waals surface area contributed by atoms with E-state index in [1.807, 2.05) is 14.0 Å². The van der Waals surface area contributed by atoms with Gasteiger partial charge in [0.15, 0.2) is 0 Å². The van der Waals surface area contributed by atoms with E-state index in [9.17, 15) is 4.79 Å². The monoisotopic (exact) mass is 301 g/mol. The zero-order valence-electron chi connectivity index (χ0n) is 12.2. The van der Waals surface area contributed by atoms with E-state index in [1.54, 1.807) is 0 Å². The van der Waals surface area contributed by atoms with Crippen LogP contribution in [0.15, 0.2) is 0 Å². The third-order valence-corrected chi connectivity index (χ3v) is 3.06. The molecule has 0 spiro atoms. The fraction of sp³-hybridized carbons (Fsp3) is 0.917. The van der Waals surface area contributed by atoms with Gasteiger partial charge in [0, 0.05) is 31.6 Å². The normalized spacial score (nSPS) is 13.2. The Labute approximate surface area is 124 Å².